The zero-order valence-electron chi connectivity index (χ0n) is 10.9. The Hall–Kier alpha value is -2.49. The Morgan fingerprint density at radius 2 is 1.79 bits per heavy atom. The van der Waals surface area contributed by atoms with E-state index in [9.17, 15) is 9.90 Å². The number of anilines is 2. The Labute approximate surface area is 112 Å². The quantitative estimate of drug-likeness (QED) is 0.830. The van der Waals surface area contributed by atoms with Crippen LogP contribution in [0.1, 0.15) is 10.4 Å². The molecular formula is C15H16N2O2. The summed E-state index contributed by atoms with van der Waals surface area (Å²) in [6.45, 7) is 0. The van der Waals surface area contributed by atoms with E-state index in [4.69, 9.17) is 0 Å². The molecule has 0 radical (unpaired) electrons. The van der Waals surface area contributed by atoms with Crippen LogP contribution >= 0.6 is 0 Å². The van der Waals surface area contributed by atoms with Crippen molar-refractivity contribution < 1.29 is 9.90 Å². The number of carbonyl (C=O) groups is 1. The molecule has 0 spiro atoms. The van der Waals surface area contributed by atoms with Crippen LogP contribution in [0.2, 0.25) is 0 Å². The lowest BCUT2D eigenvalue weighted by atomic mass is 10.1. The predicted octanol–water partition coefficient (Wildman–Crippen LogP) is 2.71. The lowest BCUT2D eigenvalue weighted by Crippen LogP contribution is -2.14. The summed E-state index contributed by atoms with van der Waals surface area (Å²) < 4.78 is 0. The van der Waals surface area contributed by atoms with Gasteiger partial charge in [0, 0.05) is 31.0 Å². The number of amides is 1. The number of phenolic OH excluding ortho intramolecular Hbond substituents is 1. The van der Waals surface area contributed by atoms with Crippen molar-refractivity contribution in [2.24, 2.45) is 0 Å². The first-order valence-electron chi connectivity index (χ1n) is 5.94. The number of benzene rings is 2. The van der Waals surface area contributed by atoms with Crippen molar-refractivity contribution in [1.82, 2.24) is 0 Å². The Morgan fingerprint density at radius 3 is 2.42 bits per heavy atom. The van der Waals surface area contributed by atoms with Crippen LogP contribution in [0, 0.1) is 0 Å². The minimum atomic E-state index is -0.172. The number of phenols is 1. The summed E-state index contributed by atoms with van der Waals surface area (Å²) in [4.78, 5) is 14.0. The third kappa shape index (κ3) is 3.25. The number of carbonyl (C=O) groups excluding carboxylic acids is 1. The standard InChI is InChI=1S/C15H16N2O2/c1-17(2)13-5-3-4-11(10-13)15(19)16-12-6-8-14(18)9-7-12/h3-10,18H,1-2H3,(H,16,19). The van der Waals surface area contributed by atoms with E-state index in [-0.39, 0.29) is 11.7 Å². The minimum absolute atomic E-state index is 0.172. The molecule has 0 saturated heterocycles. The molecule has 2 rings (SSSR count). The molecule has 0 aliphatic rings. The average molecular weight is 256 g/mol. The second-order valence-corrected chi connectivity index (χ2v) is 4.45. The number of aromatic hydroxyl groups is 1. The molecule has 0 aromatic heterocycles. The first kappa shape index (κ1) is 13.0. The minimum Gasteiger partial charge on any atom is -0.508 e. The molecule has 0 fully saturated rings. The van der Waals surface area contributed by atoms with Gasteiger partial charge in [0.2, 0.25) is 0 Å². The summed E-state index contributed by atoms with van der Waals surface area (Å²) >= 11 is 0. The first-order valence-corrected chi connectivity index (χ1v) is 5.94. The molecule has 0 aliphatic carbocycles. The van der Waals surface area contributed by atoms with Crippen LogP contribution in [0.5, 0.6) is 5.75 Å². The van der Waals surface area contributed by atoms with Gasteiger partial charge in [0.05, 0.1) is 0 Å². The van der Waals surface area contributed by atoms with E-state index in [1.807, 2.05) is 37.2 Å². The molecule has 0 bridgehead atoms. The highest BCUT2D eigenvalue weighted by molar-refractivity contribution is 6.04. The monoisotopic (exact) mass is 256 g/mol. The topological polar surface area (TPSA) is 52.6 Å². The number of hydrogen-bond donors (Lipinski definition) is 2. The van der Waals surface area contributed by atoms with Gasteiger partial charge in [-0.1, -0.05) is 6.07 Å². The fourth-order valence-corrected chi connectivity index (χ4v) is 1.67. The molecule has 4 nitrogen and oxygen atoms in total. The number of nitrogens with zero attached hydrogens (tertiary/aromatic N) is 1. The summed E-state index contributed by atoms with van der Waals surface area (Å²) in [6, 6.07) is 13.8. The maximum Gasteiger partial charge on any atom is 0.255 e. The third-order valence-electron chi connectivity index (χ3n) is 2.75. The van der Waals surface area contributed by atoms with Gasteiger partial charge < -0.3 is 15.3 Å². The zero-order valence-corrected chi connectivity index (χ0v) is 10.9. The van der Waals surface area contributed by atoms with Crippen LogP contribution in [0.25, 0.3) is 0 Å². The molecule has 0 unspecified atom stereocenters. The molecule has 4 heteroatoms. The van der Waals surface area contributed by atoms with E-state index in [1.54, 1.807) is 18.2 Å². The number of nitrogens with one attached hydrogen (secondary N) is 1. The maximum atomic E-state index is 12.1. The molecular weight excluding hydrogens is 240 g/mol. The van der Waals surface area contributed by atoms with Gasteiger partial charge in [0.25, 0.3) is 5.91 Å². The lowest BCUT2D eigenvalue weighted by molar-refractivity contribution is 0.102. The fourth-order valence-electron chi connectivity index (χ4n) is 1.67. The summed E-state index contributed by atoms with van der Waals surface area (Å²) in [5, 5.41) is 12.0. The normalized spacial score (nSPS) is 10.0. The van der Waals surface area contributed by atoms with E-state index in [1.165, 1.54) is 12.1 Å². The zero-order chi connectivity index (χ0) is 13.8. The van der Waals surface area contributed by atoms with Gasteiger partial charge in [0.1, 0.15) is 5.75 Å². The molecule has 0 saturated carbocycles. The van der Waals surface area contributed by atoms with Crippen LogP contribution < -0.4 is 10.2 Å². The molecule has 0 aliphatic heterocycles. The van der Waals surface area contributed by atoms with Gasteiger partial charge in [-0.3, -0.25) is 4.79 Å². The average Bonchev–Trinajstić information content (AvgIpc) is 2.41. The van der Waals surface area contributed by atoms with Crippen molar-refractivity contribution in [2.75, 3.05) is 24.3 Å². The summed E-state index contributed by atoms with van der Waals surface area (Å²) in [7, 11) is 3.86. The van der Waals surface area contributed by atoms with Crippen molar-refractivity contribution >= 4 is 17.3 Å². The Balaban J connectivity index is 2.15. The fraction of sp³-hybridized carbons (Fsp3) is 0.133. The lowest BCUT2D eigenvalue weighted by Gasteiger charge is -2.13. The van der Waals surface area contributed by atoms with Gasteiger partial charge >= 0.3 is 0 Å². The Morgan fingerprint density at radius 1 is 1.11 bits per heavy atom. The van der Waals surface area contributed by atoms with Crippen LogP contribution in [0.15, 0.2) is 48.5 Å². The van der Waals surface area contributed by atoms with Crippen LogP contribution in [0.4, 0.5) is 11.4 Å². The SMILES string of the molecule is CN(C)c1cccc(C(=O)Nc2ccc(O)cc2)c1. The molecule has 98 valence electrons. The second kappa shape index (κ2) is 5.44. The van der Waals surface area contributed by atoms with Gasteiger partial charge in [-0.2, -0.15) is 0 Å². The van der Waals surface area contributed by atoms with Crippen molar-refractivity contribution in [2.45, 2.75) is 0 Å². The summed E-state index contributed by atoms with van der Waals surface area (Å²) in [5.41, 5.74) is 2.22. The Bertz CT molecular complexity index is 577. The summed E-state index contributed by atoms with van der Waals surface area (Å²) in [5.74, 6) is 0.00185. The highest BCUT2D eigenvalue weighted by atomic mass is 16.3. The molecule has 2 aromatic rings. The van der Waals surface area contributed by atoms with Crippen LogP contribution in [-0.4, -0.2) is 25.1 Å². The van der Waals surface area contributed by atoms with E-state index in [2.05, 4.69) is 5.32 Å². The van der Waals surface area contributed by atoms with E-state index >= 15 is 0 Å². The maximum absolute atomic E-state index is 12.1. The molecule has 2 N–H and O–H groups in total. The van der Waals surface area contributed by atoms with Gasteiger partial charge in [0.15, 0.2) is 0 Å². The largest absolute Gasteiger partial charge is 0.508 e. The molecule has 19 heavy (non-hydrogen) atoms. The van der Waals surface area contributed by atoms with E-state index < -0.39 is 0 Å². The Kier molecular flexibility index (Phi) is 3.71. The second-order valence-electron chi connectivity index (χ2n) is 4.45. The highest BCUT2D eigenvalue weighted by Gasteiger charge is 2.07. The van der Waals surface area contributed by atoms with Gasteiger partial charge in [-0.05, 0) is 42.5 Å². The molecule has 0 atom stereocenters. The smallest absolute Gasteiger partial charge is 0.255 e. The van der Waals surface area contributed by atoms with E-state index in [0.29, 0.717) is 11.3 Å². The van der Waals surface area contributed by atoms with Crippen molar-refractivity contribution in [3.8, 4) is 5.75 Å². The van der Waals surface area contributed by atoms with Gasteiger partial charge in [-0.25, -0.2) is 0 Å². The third-order valence-corrected chi connectivity index (χ3v) is 2.75. The van der Waals surface area contributed by atoms with Crippen molar-refractivity contribution in [3.63, 3.8) is 0 Å². The summed E-state index contributed by atoms with van der Waals surface area (Å²) in [6.07, 6.45) is 0. The molecule has 2 aromatic carbocycles. The molecule has 1 amide bonds. The first-order chi connectivity index (χ1) is 9.06. The van der Waals surface area contributed by atoms with E-state index in [0.717, 1.165) is 5.69 Å². The van der Waals surface area contributed by atoms with Crippen LogP contribution in [-0.2, 0) is 0 Å². The highest BCUT2D eigenvalue weighted by Crippen LogP contribution is 2.17. The van der Waals surface area contributed by atoms with Gasteiger partial charge in [-0.15, -0.1) is 0 Å². The van der Waals surface area contributed by atoms with Crippen LogP contribution in [0.3, 0.4) is 0 Å². The van der Waals surface area contributed by atoms with Crippen molar-refractivity contribution in [1.29, 1.82) is 0 Å². The molecule has 0 heterocycles. The predicted molar refractivity (Wildman–Crippen MR) is 76.8 cm³/mol. The van der Waals surface area contributed by atoms with Crippen molar-refractivity contribution in [3.05, 3.63) is 54.1 Å². The number of rotatable bonds is 3. The number of hydrogen-bond acceptors (Lipinski definition) is 3.